The number of amides is 1. The minimum atomic E-state index is -1.15. The van der Waals surface area contributed by atoms with Crippen LogP contribution in [0, 0.1) is 0 Å². The number of carboxylic acid groups (broad SMARTS) is 1. The van der Waals surface area contributed by atoms with Crippen LogP contribution in [-0.2, 0) is 0 Å². The van der Waals surface area contributed by atoms with E-state index in [1.165, 1.54) is 18.3 Å². The molecule has 3 heterocycles. The third-order valence-corrected chi connectivity index (χ3v) is 3.63. The van der Waals surface area contributed by atoms with Crippen molar-refractivity contribution in [1.82, 2.24) is 19.9 Å². The molecule has 0 spiro atoms. The SMILES string of the molecule is O=C(O)c1cc(C(=O)N2CCN(c3ncccn3)CC2)ccn1. The van der Waals surface area contributed by atoms with Crippen molar-refractivity contribution in [3.8, 4) is 0 Å². The Balaban J connectivity index is 1.66. The van der Waals surface area contributed by atoms with Gasteiger partial charge in [0.1, 0.15) is 5.69 Å². The molecule has 0 aliphatic carbocycles. The van der Waals surface area contributed by atoms with E-state index in [0.717, 1.165) is 0 Å². The van der Waals surface area contributed by atoms with Gasteiger partial charge >= 0.3 is 5.97 Å². The molecule has 1 aliphatic heterocycles. The topological polar surface area (TPSA) is 99.5 Å². The van der Waals surface area contributed by atoms with Crippen molar-refractivity contribution < 1.29 is 14.7 Å². The molecule has 1 saturated heterocycles. The third-order valence-electron chi connectivity index (χ3n) is 3.63. The van der Waals surface area contributed by atoms with Gasteiger partial charge in [0.15, 0.2) is 0 Å². The maximum Gasteiger partial charge on any atom is 0.354 e. The van der Waals surface area contributed by atoms with Crippen LogP contribution in [0.5, 0.6) is 0 Å². The highest BCUT2D eigenvalue weighted by atomic mass is 16.4. The van der Waals surface area contributed by atoms with Crippen LogP contribution in [0.25, 0.3) is 0 Å². The predicted octanol–water partition coefficient (Wildman–Crippen LogP) is 0.532. The van der Waals surface area contributed by atoms with Gasteiger partial charge in [-0.2, -0.15) is 0 Å². The van der Waals surface area contributed by atoms with Gasteiger partial charge in [-0.05, 0) is 18.2 Å². The number of carbonyl (C=O) groups excluding carboxylic acids is 1. The number of hydrogen-bond donors (Lipinski definition) is 1. The van der Waals surface area contributed by atoms with Crippen LogP contribution in [-0.4, -0.2) is 63.0 Å². The Kier molecular flexibility index (Phi) is 4.13. The van der Waals surface area contributed by atoms with E-state index in [2.05, 4.69) is 15.0 Å². The number of carbonyl (C=O) groups is 2. The average molecular weight is 313 g/mol. The third kappa shape index (κ3) is 3.25. The summed E-state index contributed by atoms with van der Waals surface area (Å²) in [6, 6.07) is 4.59. The summed E-state index contributed by atoms with van der Waals surface area (Å²) in [5.74, 6) is -0.689. The van der Waals surface area contributed by atoms with Gasteiger partial charge in [0.2, 0.25) is 5.95 Å². The summed E-state index contributed by atoms with van der Waals surface area (Å²) in [5.41, 5.74) is 0.203. The standard InChI is InChI=1S/C15H15N5O3/c21-13(11-2-5-16-12(10-11)14(22)23)19-6-8-20(9-7-19)15-17-3-1-4-18-15/h1-5,10H,6-9H2,(H,22,23). The van der Waals surface area contributed by atoms with Gasteiger partial charge in [-0.15, -0.1) is 0 Å². The number of nitrogens with zero attached hydrogens (tertiary/aromatic N) is 5. The maximum absolute atomic E-state index is 12.5. The molecule has 1 aliphatic rings. The summed E-state index contributed by atoms with van der Waals surface area (Å²) < 4.78 is 0. The molecule has 8 heteroatoms. The van der Waals surface area contributed by atoms with Crippen LogP contribution < -0.4 is 4.90 Å². The average Bonchev–Trinajstić information content (AvgIpc) is 2.62. The Morgan fingerprint density at radius 3 is 2.35 bits per heavy atom. The first-order valence-corrected chi connectivity index (χ1v) is 7.16. The van der Waals surface area contributed by atoms with Crippen LogP contribution in [0.1, 0.15) is 20.8 Å². The Morgan fingerprint density at radius 1 is 1.00 bits per heavy atom. The van der Waals surface area contributed by atoms with E-state index in [1.807, 2.05) is 4.90 Å². The smallest absolute Gasteiger partial charge is 0.354 e. The number of anilines is 1. The Labute approximate surface area is 132 Å². The van der Waals surface area contributed by atoms with Crippen molar-refractivity contribution in [2.24, 2.45) is 0 Å². The quantitative estimate of drug-likeness (QED) is 0.882. The summed E-state index contributed by atoms with van der Waals surface area (Å²) in [7, 11) is 0. The number of hydrogen-bond acceptors (Lipinski definition) is 6. The molecule has 0 unspecified atom stereocenters. The molecule has 0 bridgehead atoms. The summed E-state index contributed by atoms with van der Waals surface area (Å²) in [6.07, 6.45) is 4.71. The van der Waals surface area contributed by atoms with Gasteiger partial charge in [0.25, 0.3) is 5.91 Å². The van der Waals surface area contributed by atoms with Crippen molar-refractivity contribution in [1.29, 1.82) is 0 Å². The number of piperazine rings is 1. The van der Waals surface area contributed by atoms with Crippen molar-refractivity contribution in [2.45, 2.75) is 0 Å². The minimum absolute atomic E-state index is 0.132. The number of aromatic nitrogens is 3. The number of aromatic carboxylic acids is 1. The highest BCUT2D eigenvalue weighted by Crippen LogP contribution is 2.13. The molecular formula is C15H15N5O3. The highest BCUT2D eigenvalue weighted by molar-refractivity contribution is 5.96. The first-order valence-electron chi connectivity index (χ1n) is 7.16. The zero-order valence-corrected chi connectivity index (χ0v) is 12.3. The first kappa shape index (κ1) is 14.9. The van der Waals surface area contributed by atoms with E-state index in [1.54, 1.807) is 23.4 Å². The van der Waals surface area contributed by atoms with E-state index < -0.39 is 5.97 Å². The zero-order valence-electron chi connectivity index (χ0n) is 12.3. The number of rotatable bonds is 3. The predicted molar refractivity (Wildman–Crippen MR) is 81.3 cm³/mol. The van der Waals surface area contributed by atoms with Crippen LogP contribution in [0.4, 0.5) is 5.95 Å². The largest absolute Gasteiger partial charge is 0.477 e. The van der Waals surface area contributed by atoms with Crippen molar-refractivity contribution in [3.05, 3.63) is 48.0 Å². The molecule has 1 N–H and O–H groups in total. The van der Waals surface area contributed by atoms with E-state index in [4.69, 9.17) is 5.11 Å². The second kappa shape index (κ2) is 6.39. The normalized spacial score (nSPS) is 14.6. The fourth-order valence-corrected chi connectivity index (χ4v) is 2.43. The Hall–Kier alpha value is -3.03. The van der Waals surface area contributed by atoms with Crippen LogP contribution in [0.15, 0.2) is 36.8 Å². The minimum Gasteiger partial charge on any atom is -0.477 e. The van der Waals surface area contributed by atoms with Crippen LogP contribution in [0.2, 0.25) is 0 Å². The van der Waals surface area contributed by atoms with Crippen molar-refractivity contribution in [2.75, 3.05) is 31.1 Å². The molecule has 23 heavy (non-hydrogen) atoms. The van der Waals surface area contributed by atoms with Crippen LogP contribution >= 0.6 is 0 Å². The summed E-state index contributed by atoms with van der Waals surface area (Å²) >= 11 is 0. The molecule has 2 aromatic heterocycles. The van der Waals surface area contributed by atoms with E-state index in [0.29, 0.717) is 37.7 Å². The van der Waals surface area contributed by atoms with Gasteiger partial charge in [0, 0.05) is 50.3 Å². The van der Waals surface area contributed by atoms with E-state index >= 15 is 0 Å². The fraction of sp³-hybridized carbons (Fsp3) is 0.267. The molecule has 3 rings (SSSR count). The lowest BCUT2D eigenvalue weighted by molar-refractivity contribution is 0.0690. The molecule has 1 fully saturated rings. The summed E-state index contributed by atoms with van der Waals surface area (Å²) in [5, 5.41) is 8.95. The molecule has 8 nitrogen and oxygen atoms in total. The first-order chi connectivity index (χ1) is 11.1. The van der Waals surface area contributed by atoms with E-state index in [-0.39, 0.29) is 11.6 Å². The molecule has 0 atom stereocenters. The lowest BCUT2D eigenvalue weighted by Crippen LogP contribution is -2.49. The lowest BCUT2D eigenvalue weighted by Gasteiger charge is -2.34. The molecule has 0 aromatic carbocycles. The maximum atomic E-state index is 12.5. The molecule has 1 amide bonds. The van der Waals surface area contributed by atoms with E-state index in [9.17, 15) is 9.59 Å². The fourth-order valence-electron chi connectivity index (χ4n) is 2.43. The summed E-state index contributed by atoms with van der Waals surface area (Å²) in [4.78, 5) is 39.2. The van der Waals surface area contributed by atoms with Gasteiger partial charge < -0.3 is 14.9 Å². The second-order valence-corrected chi connectivity index (χ2v) is 5.06. The Bertz CT molecular complexity index is 714. The lowest BCUT2D eigenvalue weighted by atomic mass is 10.2. The highest BCUT2D eigenvalue weighted by Gasteiger charge is 2.24. The number of pyridine rings is 1. The van der Waals surface area contributed by atoms with Crippen LogP contribution in [0.3, 0.4) is 0 Å². The zero-order chi connectivity index (χ0) is 16.2. The van der Waals surface area contributed by atoms with Gasteiger partial charge in [-0.25, -0.2) is 19.7 Å². The second-order valence-electron chi connectivity index (χ2n) is 5.06. The monoisotopic (exact) mass is 313 g/mol. The van der Waals surface area contributed by atoms with Gasteiger partial charge in [-0.1, -0.05) is 0 Å². The van der Waals surface area contributed by atoms with Crippen molar-refractivity contribution in [3.63, 3.8) is 0 Å². The summed E-state index contributed by atoms with van der Waals surface area (Å²) in [6.45, 7) is 2.32. The molecule has 2 aromatic rings. The molecule has 0 radical (unpaired) electrons. The van der Waals surface area contributed by atoms with Gasteiger partial charge in [-0.3, -0.25) is 4.79 Å². The van der Waals surface area contributed by atoms with Gasteiger partial charge in [0.05, 0.1) is 0 Å². The van der Waals surface area contributed by atoms with Crippen molar-refractivity contribution >= 4 is 17.8 Å². The number of carboxylic acids is 1. The molecular weight excluding hydrogens is 298 g/mol. The Morgan fingerprint density at radius 2 is 1.70 bits per heavy atom. The molecule has 0 saturated carbocycles. The molecule has 118 valence electrons.